The molecular weight excluding hydrogens is 546 g/mol. The number of carboxylic acid groups (broad SMARTS) is 1. The molecule has 224 valence electrons. The van der Waals surface area contributed by atoms with Crippen LogP contribution in [-0.4, -0.2) is 48.7 Å². The number of aliphatic carboxylic acids is 1. The molecule has 0 saturated carbocycles. The summed E-state index contributed by atoms with van der Waals surface area (Å²) in [4.78, 5) is 38.2. The highest BCUT2D eigenvalue weighted by Gasteiger charge is 2.23. The number of rotatable bonds is 13. The van der Waals surface area contributed by atoms with E-state index in [1.165, 1.54) is 12.1 Å². The predicted molar refractivity (Wildman–Crippen MR) is 167 cm³/mol. The Morgan fingerprint density at radius 3 is 2.23 bits per heavy atom. The molecule has 0 aliphatic rings. The zero-order valence-electron chi connectivity index (χ0n) is 24.5. The Morgan fingerprint density at radius 1 is 0.860 bits per heavy atom. The number of hydrogen-bond acceptors (Lipinski definition) is 6. The number of methoxy groups -OCH3 is 1. The van der Waals surface area contributed by atoms with E-state index < -0.39 is 29.9 Å². The maximum atomic E-state index is 13.2. The third-order valence-electron chi connectivity index (χ3n) is 6.88. The van der Waals surface area contributed by atoms with Crippen LogP contribution >= 0.6 is 0 Å². The normalized spacial score (nSPS) is 12.4. The van der Waals surface area contributed by atoms with E-state index in [4.69, 9.17) is 15.2 Å². The molecule has 9 nitrogen and oxygen atoms in total. The number of amides is 2. The Balaban J connectivity index is 1.47. The summed E-state index contributed by atoms with van der Waals surface area (Å²) in [6, 6.07) is 23.4. The molecule has 0 unspecified atom stereocenters. The van der Waals surface area contributed by atoms with Crippen molar-refractivity contribution < 1.29 is 29.0 Å². The quantitative estimate of drug-likeness (QED) is 0.177. The number of nitrogens with one attached hydrogen (secondary N) is 2. The van der Waals surface area contributed by atoms with Gasteiger partial charge in [-0.15, -0.1) is 0 Å². The second kappa shape index (κ2) is 14.3. The van der Waals surface area contributed by atoms with Gasteiger partial charge in [0.15, 0.2) is 0 Å². The number of nitrogens with two attached hydrogens (primary N) is 1. The molecule has 9 heteroatoms. The van der Waals surface area contributed by atoms with Crippen molar-refractivity contribution in [3.63, 3.8) is 0 Å². The molecule has 43 heavy (non-hydrogen) atoms. The summed E-state index contributed by atoms with van der Waals surface area (Å²) in [5.41, 5.74) is 8.42. The van der Waals surface area contributed by atoms with Crippen LogP contribution in [0.4, 0.5) is 5.69 Å². The van der Waals surface area contributed by atoms with Gasteiger partial charge >= 0.3 is 5.97 Å². The highest BCUT2D eigenvalue weighted by Crippen LogP contribution is 2.27. The molecule has 0 aliphatic carbocycles. The smallest absolute Gasteiger partial charge is 0.326 e. The molecule has 0 spiro atoms. The molecule has 4 rings (SSSR count). The maximum absolute atomic E-state index is 13.2. The Morgan fingerprint density at radius 2 is 1.56 bits per heavy atom. The molecule has 0 aliphatic heterocycles. The zero-order chi connectivity index (χ0) is 30.9. The molecular formula is C34H37N3O6. The van der Waals surface area contributed by atoms with Gasteiger partial charge in [-0.2, -0.15) is 0 Å². The molecule has 2 amide bonds. The predicted octanol–water partition coefficient (Wildman–Crippen LogP) is 4.82. The first-order valence-corrected chi connectivity index (χ1v) is 14.1. The minimum Gasteiger partial charge on any atom is -0.497 e. The van der Waals surface area contributed by atoms with E-state index in [2.05, 4.69) is 10.6 Å². The number of ether oxygens (including phenoxy) is 2. The molecule has 0 radical (unpaired) electrons. The molecule has 0 aromatic heterocycles. The van der Waals surface area contributed by atoms with Crippen molar-refractivity contribution in [2.75, 3.05) is 19.0 Å². The van der Waals surface area contributed by atoms with Crippen LogP contribution in [0.15, 0.2) is 84.9 Å². The Labute approximate surface area is 251 Å². The van der Waals surface area contributed by atoms with E-state index in [0.29, 0.717) is 24.5 Å². The van der Waals surface area contributed by atoms with Crippen molar-refractivity contribution in [1.29, 1.82) is 0 Å². The van der Waals surface area contributed by atoms with Crippen molar-refractivity contribution in [3.05, 3.63) is 102 Å². The second-order valence-corrected chi connectivity index (χ2v) is 10.8. The van der Waals surface area contributed by atoms with Crippen LogP contribution < -0.4 is 25.8 Å². The van der Waals surface area contributed by atoms with Gasteiger partial charge in [0.25, 0.3) is 5.91 Å². The average Bonchev–Trinajstić information content (AvgIpc) is 3.00. The van der Waals surface area contributed by atoms with Crippen LogP contribution in [0.25, 0.3) is 10.8 Å². The SMILES string of the molecule is COc1ccc(C[C@H](N)C(=O)Nc2ccc(C(=O)N[C@@H](Cc3ccc4ccccc4c3)C(=O)O)cc2OCC(C)C)cc1. The summed E-state index contributed by atoms with van der Waals surface area (Å²) >= 11 is 0. The van der Waals surface area contributed by atoms with Crippen LogP contribution in [0, 0.1) is 5.92 Å². The second-order valence-electron chi connectivity index (χ2n) is 10.8. The lowest BCUT2D eigenvalue weighted by molar-refractivity contribution is -0.139. The number of fused-ring (bicyclic) bond motifs is 1. The molecule has 4 aromatic carbocycles. The van der Waals surface area contributed by atoms with Crippen molar-refractivity contribution in [2.45, 2.75) is 38.8 Å². The lowest BCUT2D eigenvalue weighted by Gasteiger charge is -2.19. The minimum absolute atomic E-state index is 0.114. The van der Waals surface area contributed by atoms with Crippen LogP contribution in [0.2, 0.25) is 0 Å². The van der Waals surface area contributed by atoms with Gasteiger partial charge in [-0.25, -0.2) is 4.79 Å². The van der Waals surface area contributed by atoms with Gasteiger partial charge in [0.2, 0.25) is 5.91 Å². The first kappa shape index (κ1) is 31.1. The maximum Gasteiger partial charge on any atom is 0.326 e. The summed E-state index contributed by atoms with van der Waals surface area (Å²) in [5, 5.41) is 17.3. The lowest BCUT2D eigenvalue weighted by Crippen LogP contribution is -2.42. The Bertz CT molecular complexity index is 1590. The third-order valence-corrected chi connectivity index (χ3v) is 6.88. The molecule has 2 atom stereocenters. The topological polar surface area (TPSA) is 140 Å². The number of carboxylic acids is 1. The Kier molecular flexibility index (Phi) is 10.3. The molecule has 5 N–H and O–H groups in total. The highest BCUT2D eigenvalue weighted by atomic mass is 16.5. The van der Waals surface area contributed by atoms with Gasteiger partial charge in [-0.05, 0) is 64.6 Å². The van der Waals surface area contributed by atoms with Crippen molar-refractivity contribution >= 4 is 34.2 Å². The number of carbonyl (C=O) groups excluding carboxylic acids is 2. The number of benzene rings is 4. The molecule has 0 bridgehead atoms. The summed E-state index contributed by atoms with van der Waals surface area (Å²) in [7, 11) is 1.58. The van der Waals surface area contributed by atoms with Crippen LogP contribution in [0.1, 0.15) is 35.3 Å². The zero-order valence-corrected chi connectivity index (χ0v) is 24.5. The highest BCUT2D eigenvalue weighted by molar-refractivity contribution is 6.00. The van der Waals surface area contributed by atoms with E-state index >= 15 is 0 Å². The summed E-state index contributed by atoms with van der Waals surface area (Å²) in [5.74, 6) is -0.960. The standard InChI is InChI=1S/C34H37N3O6/c1-21(2)20-43-31-19-26(12-15-29(31)36-33(39)28(35)17-22-9-13-27(42-3)14-10-22)32(38)37-30(34(40)41)18-23-8-11-24-6-4-5-7-25(24)16-23/h4-16,19,21,28,30H,17-18,20,35H2,1-3H3,(H,36,39)(H,37,38)(H,40,41)/t28-,30-/m0/s1. The van der Waals surface area contributed by atoms with E-state index in [0.717, 1.165) is 21.9 Å². The van der Waals surface area contributed by atoms with Gasteiger partial charge in [0, 0.05) is 12.0 Å². The average molecular weight is 584 g/mol. The summed E-state index contributed by atoms with van der Waals surface area (Å²) in [6.45, 7) is 4.29. The van der Waals surface area contributed by atoms with E-state index in [1.54, 1.807) is 25.3 Å². The third kappa shape index (κ3) is 8.56. The number of anilines is 1. The first-order chi connectivity index (χ1) is 20.6. The van der Waals surface area contributed by atoms with Gasteiger partial charge in [0.1, 0.15) is 17.5 Å². The van der Waals surface area contributed by atoms with E-state index in [-0.39, 0.29) is 23.7 Å². The number of hydrogen-bond donors (Lipinski definition) is 4. The van der Waals surface area contributed by atoms with Gasteiger partial charge in [0.05, 0.1) is 25.4 Å². The first-order valence-electron chi connectivity index (χ1n) is 14.1. The Hall–Kier alpha value is -4.89. The molecule has 0 fully saturated rings. The molecule has 4 aromatic rings. The fourth-order valence-electron chi connectivity index (χ4n) is 4.52. The van der Waals surface area contributed by atoms with E-state index in [1.807, 2.05) is 68.4 Å². The van der Waals surface area contributed by atoms with Crippen molar-refractivity contribution in [2.24, 2.45) is 11.7 Å². The molecule has 0 saturated heterocycles. The van der Waals surface area contributed by atoms with E-state index in [9.17, 15) is 19.5 Å². The largest absolute Gasteiger partial charge is 0.497 e. The fourth-order valence-corrected chi connectivity index (χ4v) is 4.52. The summed E-state index contributed by atoms with van der Waals surface area (Å²) < 4.78 is 11.1. The van der Waals surface area contributed by atoms with Gasteiger partial charge in [-0.3, -0.25) is 9.59 Å². The minimum atomic E-state index is -1.15. The van der Waals surface area contributed by atoms with Crippen LogP contribution in [0.3, 0.4) is 0 Å². The van der Waals surface area contributed by atoms with Crippen molar-refractivity contribution in [3.8, 4) is 11.5 Å². The monoisotopic (exact) mass is 583 g/mol. The van der Waals surface area contributed by atoms with Crippen LogP contribution in [0.5, 0.6) is 11.5 Å². The van der Waals surface area contributed by atoms with Crippen molar-refractivity contribution in [1.82, 2.24) is 5.32 Å². The molecule has 0 heterocycles. The lowest BCUT2D eigenvalue weighted by atomic mass is 10.0. The number of carbonyl (C=O) groups is 3. The van der Waals surface area contributed by atoms with Crippen LogP contribution in [-0.2, 0) is 22.4 Å². The van der Waals surface area contributed by atoms with Gasteiger partial charge in [-0.1, -0.05) is 68.4 Å². The fraction of sp³-hybridized carbons (Fsp3) is 0.265. The summed E-state index contributed by atoms with van der Waals surface area (Å²) in [6.07, 6.45) is 0.426. The van der Waals surface area contributed by atoms with Gasteiger partial charge < -0.3 is 30.9 Å².